The summed E-state index contributed by atoms with van der Waals surface area (Å²) in [4.78, 5) is 96.4. The number of hydrogen-bond acceptors (Lipinski definition) is 14. The number of unbranched alkanes of at least 4 members (excludes halogenated alkanes) is 1. The van der Waals surface area contributed by atoms with Crippen LogP contribution in [-0.2, 0) is 27.1 Å². The van der Waals surface area contributed by atoms with Gasteiger partial charge in [0.25, 0.3) is 5.91 Å². The van der Waals surface area contributed by atoms with Crippen LogP contribution in [0.3, 0.4) is 0 Å². The van der Waals surface area contributed by atoms with Crippen LogP contribution in [0.4, 0.5) is 52.6 Å². The van der Waals surface area contributed by atoms with Crippen molar-refractivity contribution in [1.82, 2.24) is 40.4 Å². The number of carbonyl (C=O) groups is 5. The smallest absolute Gasteiger partial charge is 0.391 e. The number of alkyl halides is 3. The first-order chi connectivity index (χ1) is 39.0. The molecule has 23 heteroatoms. The normalized spacial score (nSPS) is 17.5. The summed E-state index contributed by atoms with van der Waals surface area (Å²) in [7, 11) is 1.60. The van der Waals surface area contributed by atoms with Gasteiger partial charge in [0.2, 0.25) is 23.7 Å². The van der Waals surface area contributed by atoms with Crippen LogP contribution in [0.15, 0.2) is 96.8 Å². The number of amides is 6. The lowest BCUT2D eigenvalue weighted by Crippen LogP contribution is -2.57. The lowest BCUT2D eigenvalue weighted by atomic mass is 9.85. The molecule has 6 heterocycles. The van der Waals surface area contributed by atoms with E-state index in [1.165, 1.54) is 26.8 Å². The lowest BCUT2D eigenvalue weighted by molar-refractivity contribution is -0.144. The predicted molar refractivity (Wildman–Crippen MR) is 309 cm³/mol. The van der Waals surface area contributed by atoms with Gasteiger partial charge in [0.05, 0.1) is 57.9 Å². The van der Waals surface area contributed by atoms with Crippen LogP contribution in [0.25, 0.3) is 10.4 Å². The summed E-state index contributed by atoms with van der Waals surface area (Å²) in [6, 6.07) is 18.3. The predicted octanol–water partition coefficient (Wildman–Crippen LogP) is 8.87. The zero-order chi connectivity index (χ0) is 58.6. The standard InChI is InChI=1S/C59H68F3N13O6S/c1-35-14-19-43(67-53(78)40-11-10-12-42(27-40)59(60,61)62)28-46(35)75-32-41-30-64-56(70-52(41)71(7)57(75)81)68-44-20-21-48(63-31-44)73-25-23-72(24-26-73)22-9-8-13-49(77)69-51(58(4,5)6)55(80)74-33-45(76)29-47(74)54(79)66-36(2)38-15-17-39(18-16-38)50-37(3)65-34-82-50/h10-12,14-21,27-28,30-31,34,36,45,47,51,76H,8-9,13,22-26,29,32-33H2,1-7H3,(H,66,79)(H,67,78)(H,69,77)(H,64,68,70). The van der Waals surface area contributed by atoms with Gasteiger partial charge in [-0.2, -0.15) is 18.2 Å². The highest BCUT2D eigenvalue weighted by Crippen LogP contribution is 2.36. The Morgan fingerprint density at radius 1 is 0.866 bits per heavy atom. The number of urea groups is 1. The van der Waals surface area contributed by atoms with Gasteiger partial charge >= 0.3 is 12.2 Å². The molecular formula is C59H68F3N13O6S. The Hall–Kier alpha value is -8.02. The van der Waals surface area contributed by atoms with Gasteiger partial charge in [-0.05, 0) is 105 Å². The summed E-state index contributed by atoms with van der Waals surface area (Å²) in [5, 5.41) is 22.6. The molecule has 0 spiro atoms. The van der Waals surface area contributed by atoms with Crippen LogP contribution < -0.4 is 36.0 Å². The van der Waals surface area contributed by atoms with Gasteiger partial charge in [-0.1, -0.05) is 57.2 Å². The Morgan fingerprint density at radius 2 is 1.61 bits per heavy atom. The molecule has 0 aliphatic carbocycles. The number of aryl methyl sites for hydroxylation is 2. The lowest BCUT2D eigenvalue weighted by Gasteiger charge is -2.36. The highest BCUT2D eigenvalue weighted by Gasteiger charge is 2.45. The Bertz CT molecular complexity index is 3310. The maximum Gasteiger partial charge on any atom is 0.416 e. The molecule has 432 valence electrons. The van der Waals surface area contributed by atoms with E-state index < -0.39 is 47.2 Å². The number of aliphatic hydroxyl groups is 1. The van der Waals surface area contributed by atoms with Crippen LogP contribution >= 0.6 is 11.3 Å². The van der Waals surface area contributed by atoms with Crippen LogP contribution in [0.1, 0.15) is 97.7 Å². The fraction of sp³-hybridized carbons (Fsp3) is 0.407. The molecule has 3 aromatic heterocycles. The average Bonchev–Trinajstić information content (AvgIpc) is 4.20. The maximum absolute atomic E-state index is 14.2. The second kappa shape index (κ2) is 24.6. The van der Waals surface area contributed by atoms with E-state index in [1.54, 1.807) is 49.0 Å². The van der Waals surface area contributed by atoms with E-state index in [-0.39, 0.29) is 61.3 Å². The highest BCUT2D eigenvalue weighted by atomic mass is 32.1. The van der Waals surface area contributed by atoms with Gasteiger partial charge in [-0.3, -0.25) is 33.9 Å². The average molecular weight is 1140 g/mol. The minimum absolute atomic E-state index is 0.00471. The van der Waals surface area contributed by atoms with Gasteiger partial charge in [0, 0.05) is 75.6 Å². The Labute approximate surface area is 478 Å². The number of piperazine rings is 1. The topological polar surface area (TPSA) is 221 Å². The van der Waals surface area contributed by atoms with Crippen LogP contribution in [0, 0.1) is 19.3 Å². The van der Waals surface area contributed by atoms with Gasteiger partial charge < -0.3 is 36.2 Å². The molecule has 5 N–H and O–H groups in total. The molecule has 0 bridgehead atoms. The number of likely N-dealkylation sites (tertiary alicyclic amines) is 1. The number of β-amino-alcohol motifs (C(OH)–C–C–N with tert-alkyl or cyclic N) is 1. The number of thiazole rings is 1. The van der Waals surface area contributed by atoms with E-state index in [4.69, 9.17) is 4.98 Å². The van der Waals surface area contributed by atoms with Gasteiger partial charge in [0.15, 0.2) is 0 Å². The summed E-state index contributed by atoms with van der Waals surface area (Å²) in [5.41, 5.74) is 5.77. The maximum atomic E-state index is 14.2. The molecule has 4 unspecified atom stereocenters. The third kappa shape index (κ3) is 13.7. The van der Waals surface area contributed by atoms with Crippen LogP contribution in [-0.4, -0.2) is 129 Å². The summed E-state index contributed by atoms with van der Waals surface area (Å²) < 4.78 is 39.9. The number of pyridine rings is 1. The summed E-state index contributed by atoms with van der Waals surface area (Å²) in [6.07, 6.45) is -0.408. The zero-order valence-corrected chi connectivity index (χ0v) is 47.7. The van der Waals surface area contributed by atoms with Crippen LogP contribution in [0.2, 0.25) is 0 Å². The largest absolute Gasteiger partial charge is 0.416 e. The summed E-state index contributed by atoms with van der Waals surface area (Å²) >= 11 is 1.57. The van der Waals surface area contributed by atoms with Crippen molar-refractivity contribution in [3.05, 3.63) is 130 Å². The number of hydrogen-bond donors (Lipinski definition) is 5. The first-order valence-corrected chi connectivity index (χ1v) is 28.2. The molecule has 3 aromatic carbocycles. The number of halogens is 3. The second-order valence-corrected chi connectivity index (χ2v) is 23.1. The Morgan fingerprint density at radius 3 is 2.29 bits per heavy atom. The zero-order valence-electron chi connectivity index (χ0n) is 46.9. The molecule has 82 heavy (non-hydrogen) atoms. The molecule has 4 atom stereocenters. The summed E-state index contributed by atoms with van der Waals surface area (Å²) in [6.45, 7) is 15.3. The number of fused-ring (bicyclic) bond motifs is 1. The number of nitrogens with zero attached hydrogens (tertiary/aromatic N) is 9. The highest BCUT2D eigenvalue weighted by molar-refractivity contribution is 7.13. The van der Waals surface area contributed by atoms with Crippen molar-refractivity contribution in [3.63, 3.8) is 0 Å². The molecule has 3 aliphatic rings. The van der Waals surface area contributed by atoms with E-state index in [0.29, 0.717) is 34.9 Å². The molecule has 2 fully saturated rings. The third-order valence-corrected chi connectivity index (χ3v) is 16.1. The molecule has 6 amide bonds. The van der Waals surface area contributed by atoms with Crippen molar-refractivity contribution in [2.24, 2.45) is 5.41 Å². The molecule has 6 aromatic rings. The van der Waals surface area contributed by atoms with E-state index in [1.807, 2.05) is 83.5 Å². The number of carbonyl (C=O) groups excluding carboxylic acids is 5. The minimum Gasteiger partial charge on any atom is -0.391 e. The molecule has 2 saturated heterocycles. The van der Waals surface area contributed by atoms with Gasteiger partial charge in [0.1, 0.15) is 23.7 Å². The fourth-order valence-corrected chi connectivity index (χ4v) is 11.2. The molecule has 3 aliphatic heterocycles. The van der Waals surface area contributed by atoms with Gasteiger partial charge in [-0.15, -0.1) is 11.3 Å². The quantitative estimate of drug-likeness (QED) is 0.0540. The fourth-order valence-electron chi connectivity index (χ4n) is 10.4. The van der Waals surface area contributed by atoms with Crippen molar-refractivity contribution in [2.75, 3.05) is 71.6 Å². The van der Waals surface area contributed by atoms with Crippen molar-refractivity contribution < 1.29 is 42.3 Å². The number of aliphatic hydroxyl groups excluding tert-OH is 1. The Balaban J connectivity index is 0.711. The number of benzene rings is 3. The molecule has 0 radical (unpaired) electrons. The first kappa shape index (κ1) is 58.6. The van der Waals surface area contributed by atoms with Gasteiger partial charge in [-0.25, -0.2) is 19.7 Å². The van der Waals surface area contributed by atoms with E-state index in [0.717, 1.165) is 84.4 Å². The SMILES string of the molecule is Cc1ccc(NC(=O)c2cccc(C(F)(F)F)c2)cc1N1Cc2cnc(Nc3ccc(N4CCN(CCCCC(=O)NC(C(=O)N5CC(O)CC5C(=O)NC(C)c5ccc(-c6scnc6C)cc5)C(C)(C)C)CC4)nc3)nc2N(C)C1=O. The third-order valence-electron chi connectivity index (χ3n) is 15.1. The minimum atomic E-state index is -4.60. The Kier molecular flexibility index (Phi) is 17.6. The monoisotopic (exact) mass is 1140 g/mol. The van der Waals surface area contributed by atoms with E-state index >= 15 is 0 Å². The van der Waals surface area contributed by atoms with E-state index in [2.05, 4.69) is 46.0 Å². The molecule has 19 nitrogen and oxygen atoms in total. The van der Waals surface area contributed by atoms with E-state index in [9.17, 15) is 42.3 Å². The number of aromatic nitrogens is 4. The van der Waals surface area contributed by atoms with Crippen molar-refractivity contribution in [3.8, 4) is 10.4 Å². The molecular weight excluding hydrogens is 1080 g/mol. The molecule has 9 rings (SSSR count). The number of rotatable bonds is 17. The summed E-state index contributed by atoms with van der Waals surface area (Å²) in [5.74, 6) is -0.255. The first-order valence-electron chi connectivity index (χ1n) is 27.3. The van der Waals surface area contributed by atoms with Crippen molar-refractivity contribution in [2.45, 2.75) is 104 Å². The number of anilines is 6. The van der Waals surface area contributed by atoms with Crippen molar-refractivity contribution >= 4 is 75.6 Å². The van der Waals surface area contributed by atoms with Crippen LogP contribution in [0.5, 0.6) is 0 Å². The van der Waals surface area contributed by atoms with Crippen molar-refractivity contribution in [1.29, 1.82) is 0 Å². The number of nitrogens with one attached hydrogen (secondary N) is 4. The second-order valence-electron chi connectivity index (χ2n) is 22.2. The molecule has 0 saturated carbocycles.